The van der Waals surface area contributed by atoms with Gasteiger partial charge in [-0.3, -0.25) is 4.98 Å². The molecule has 1 heterocycles. The van der Waals surface area contributed by atoms with Gasteiger partial charge in [0.25, 0.3) is 0 Å². The van der Waals surface area contributed by atoms with Gasteiger partial charge in [0.15, 0.2) is 0 Å². The fraction of sp³-hybridized carbons (Fsp3) is 0.476. The van der Waals surface area contributed by atoms with Crippen molar-refractivity contribution in [1.29, 1.82) is 0 Å². The van der Waals surface area contributed by atoms with Gasteiger partial charge in [-0.2, -0.15) is 0 Å². The van der Waals surface area contributed by atoms with Crippen LogP contribution >= 0.6 is 0 Å². The Kier molecular flexibility index (Phi) is 6.00. The third-order valence-electron chi connectivity index (χ3n) is 5.41. The monoisotopic (exact) mass is 324 g/mol. The Bertz CT molecular complexity index is 549. The van der Waals surface area contributed by atoms with E-state index in [2.05, 4.69) is 52.8 Å². The summed E-state index contributed by atoms with van der Waals surface area (Å²) in [5.74, 6) is 0. The first-order valence-corrected chi connectivity index (χ1v) is 9.12. The lowest BCUT2D eigenvalue weighted by Crippen LogP contribution is -2.39. The van der Waals surface area contributed by atoms with E-state index in [1.165, 1.54) is 43.2 Å². The van der Waals surface area contributed by atoms with Crippen LogP contribution in [0.15, 0.2) is 54.9 Å². The minimum atomic E-state index is 0.173. The predicted octanol–water partition coefficient (Wildman–Crippen LogP) is 4.09. The van der Waals surface area contributed by atoms with Crippen molar-refractivity contribution in [3.63, 3.8) is 0 Å². The van der Waals surface area contributed by atoms with Crippen molar-refractivity contribution < 1.29 is 5.11 Å². The molecule has 1 aromatic heterocycles. The van der Waals surface area contributed by atoms with Gasteiger partial charge in [0.05, 0.1) is 6.04 Å². The van der Waals surface area contributed by atoms with Crippen LogP contribution in [0.2, 0.25) is 0 Å². The number of benzene rings is 1. The number of nitrogens with one attached hydrogen (secondary N) is 1. The maximum absolute atomic E-state index is 9.55. The molecular formula is C21H28N2O. The molecule has 1 aromatic carbocycles. The van der Waals surface area contributed by atoms with E-state index >= 15 is 0 Å². The van der Waals surface area contributed by atoms with E-state index in [-0.39, 0.29) is 18.1 Å². The molecule has 0 bridgehead atoms. The predicted molar refractivity (Wildman–Crippen MR) is 97.7 cm³/mol. The quantitative estimate of drug-likeness (QED) is 0.806. The Balaban J connectivity index is 1.79. The zero-order valence-electron chi connectivity index (χ0n) is 14.3. The molecule has 3 heteroatoms. The van der Waals surface area contributed by atoms with Crippen LogP contribution in [0.1, 0.15) is 55.7 Å². The molecule has 0 radical (unpaired) electrons. The summed E-state index contributed by atoms with van der Waals surface area (Å²) < 4.78 is 0. The van der Waals surface area contributed by atoms with E-state index in [1.807, 2.05) is 12.4 Å². The Labute approximate surface area is 145 Å². The molecule has 1 fully saturated rings. The van der Waals surface area contributed by atoms with Gasteiger partial charge in [-0.15, -0.1) is 0 Å². The van der Waals surface area contributed by atoms with Crippen molar-refractivity contribution in [2.75, 3.05) is 13.2 Å². The first kappa shape index (κ1) is 17.1. The van der Waals surface area contributed by atoms with Gasteiger partial charge in [0.2, 0.25) is 0 Å². The summed E-state index contributed by atoms with van der Waals surface area (Å²) in [5.41, 5.74) is 2.76. The van der Waals surface area contributed by atoms with Crippen molar-refractivity contribution in [3.8, 4) is 0 Å². The zero-order valence-corrected chi connectivity index (χ0v) is 14.3. The fourth-order valence-electron chi connectivity index (χ4n) is 4.00. The summed E-state index contributed by atoms with van der Waals surface area (Å²) in [6.45, 7) is 1.24. The molecule has 0 spiro atoms. The molecule has 0 aliphatic heterocycles. The van der Waals surface area contributed by atoms with Gasteiger partial charge in [-0.1, -0.05) is 49.6 Å². The molecule has 3 rings (SSSR count). The number of hydrogen-bond donors (Lipinski definition) is 2. The molecule has 1 unspecified atom stereocenters. The van der Waals surface area contributed by atoms with E-state index in [1.54, 1.807) is 0 Å². The topological polar surface area (TPSA) is 45.1 Å². The molecule has 1 aliphatic carbocycles. The van der Waals surface area contributed by atoms with E-state index in [9.17, 15) is 5.11 Å². The second kappa shape index (κ2) is 8.41. The van der Waals surface area contributed by atoms with Crippen LogP contribution in [0, 0.1) is 5.41 Å². The number of hydrogen-bond acceptors (Lipinski definition) is 3. The number of aromatic nitrogens is 1. The number of aliphatic hydroxyl groups excluding tert-OH is 1. The van der Waals surface area contributed by atoms with Gasteiger partial charge >= 0.3 is 0 Å². The van der Waals surface area contributed by atoms with E-state index in [0.717, 1.165) is 13.0 Å². The smallest absolute Gasteiger partial charge is 0.0578 e. The normalized spacial score (nSPS) is 18.2. The van der Waals surface area contributed by atoms with Crippen molar-refractivity contribution in [3.05, 3.63) is 66.0 Å². The highest BCUT2D eigenvalue weighted by molar-refractivity contribution is 5.30. The molecule has 128 valence electrons. The highest BCUT2D eigenvalue weighted by atomic mass is 16.3. The lowest BCUT2D eigenvalue weighted by atomic mass is 9.71. The van der Waals surface area contributed by atoms with E-state index in [0.29, 0.717) is 0 Å². The van der Waals surface area contributed by atoms with Crippen LogP contribution in [-0.2, 0) is 0 Å². The highest BCUT2D eigenvalue weighted by Gasteiger charge is 2.32. The molecular weight excluding hydrogens is 296 g/mol. The summed E-state index contributed by atoms with van der Waals surface area (Å²) in [7, 11) is 0. The maximum Gasteiger partial charge on any atom is 0.0578 e. The minimum absolute atomic E-state index is 0.173. The van der Waals surface area contributed by atoms with E-state index < -0.39 is 0 Å². The summed E-state index contributed by atoms with van der Waals surface area (Å²) in [4.78, 5) is 4.15. The molecule has 3 nitrogen and oxygen atoms in total. The Morgan fingerprint density at radius 3 is 2.29 bits per heavy atom. The number of nitrogens with zero attached hydrogens (tertiary/aromatic N) is 1. The molecule has 24 heavy (non-hydrogen) atoms. The summed E-state index contributed by atoms with van der Waals surface area (Å²) in [6, 6.07) is 14.9. The lowest BCUT2D eigenvalue weighted by Gasteiger charge is -2.38. The molecule has 2 aromatic rings. The second-order valence-corrected chi connectivity index (χ2v) is 7.04. The van der Waals surface area contributed by atoms with Crippen LogP contribution in [0.3, 0.4) is 0 Å². The van der Waals surface area contributed by atoms with Crippen LogP contribution in [-0.4, -0.2) is 23.2 Å². The average Bonchev–Trinajstić information content (AvgIpc) is 2.65. The third kappa shape index (κ3) is 4.22. The van der Waals surface area contributed by atoms with Crippen LogP contribution in [0.4, 0.5) is 0 Å². The number of rotatable bonds is 7. The minimum Gasteiger partial charge on any atom is -0.396 e. The van der Waals surface area contributed by atoms with Crippen molar-refractivity contribution >= 4 is 0 Å². The molecule has 0 saturated heterocycles. The lowest BCUT2D eigenvalue weighted by molar-refractivity contribution is 0.124. The third-order valence-corrected chi connectivity index (χ3v) is 5.41. The zero-order chi connectivity index (χ0) is 16.7. The standard InChI is InChI=1S/C21H28N2O/c24-16-13-21(11-5-2-6-12-21)17-23-20(18-7-3-1-4-8-18)19-9-14-22-15-10-19/h1,3-4,7-10,14-15,20,23-24H,2,5-6,11-13,16-17H2. The number of pyridine rings is 1. The molecule has 1 atom stereocenters. The van der Waals surface area contributed by atoms with Crippen LogP contribution in [0.25, 0.3) is 0 Å². The van der Waals surface area contributed by atoms with Crippen molar-refractivity contribution in [1.82, 2.24) is 10.3 Å². The van der Waals surface area contributed by atoms with E-state index in [4.69, 9.17) is 0 Å². The van der Waals surface area contributed by atoms with Gasteiger partial charge < -0.3 is 10.4 Å². The maximum atomic E-state index is 9.55. The van der Waals surface area contributed by atoms with Crippen LogP contribution in [0.5, 0.6) is 0 Å². The molecule has 0 amide bonds. The fourth-order valence-corrected chi connectivity index (χ4v) is 4.00. The molecule has 2 N–H and O–H groups in total. The highest BCUT2D eigenvalue weighted by Crippen LogP contribution is 2.39. The van der Waals surface area contributed by atoms with Gasteiger partial charge in [0, 0.05) is 25.5 Å². The van der Waals surface area contributed by atoms with Crippen LogP contribution < -0.4 is 5.32 Å². The average molecular weight is 324 g/mol. The first-order chi connectivity index (χ1) is 11.8. The SMILES string of the molecule is OCCC1(CNC(c2ccccc2)c2ccncc2)CCCCC1. The summed E-state index contributed by atoms with van der Waals surface area (Å²) in [5, 5.41) is 13.4. The second-order valence-electron chi connectivity index (χ2n) is 7.04. The van der Waals surface area contributed by atoms with Gasteiger partial charge in [0.1, 0.15) is 0 Å². The Morgan fingerprint density at radius 2 is 1.62 bits per heavy atom. The number of aliphatic hydroxyl groups is 1. The molecule has 1 saturated carbocycles. The van der Waals surface area contributed by atoms with Gasteiger partial charge in [-0.05, 0) is 47.9 Å². The Morgan fingerprint density at radius 1 is 0.958 bits per heavy atom. The summed E-state index contributed by atoms with van der Waals surface area (Å²) in [6.07, 6.45) is 11.0. The molecule has 1 aliphatic rings. The Hall–Kier alpha value is -1.71. The largest absolute Gasteiger partial charge is 0.396 e. The van der Waals surface area contributed by atoms with Crippen molar-refractivity contribution in [2.45, 2.75) is 44.6 Å². The van der Waals surface area contributed by atoms with Crippen molar-refractivity contribution in [2.24, 2.45) is 5.41 Å². The van der Waals surface area contributed by atoms with Gasteiger partial charge in [-0.25, -0.2) is 0 Å². The first-order valence-electron chi connectivity index (χ1n) is 9.12. The summed E-state index contributed by atoms with van der Waals surface area (Å²) >= 11 is 0.